The summed E-state index contributed by atoms with van der Waals surface area (Å²) >= 11 is 0. The van der Waals surface area contributed by atoms with E-state index in [0.717, 1.165) is 37.7 Å². The second kappa shape index (κ2) is 20.3. The molecule has 0 radical (unpaired) electrons. The predicted molar refractivity (Wildman–Crippen MR) is 197 cm³/mol. The predicted octanol–water partition coefficient (Wildman–Crippen LogP) is 3.96. The fraction of sp³-hybridized carbons (Fsp3) is 0.667. The molecule has 4 rings (SSSR count). The highest BCUT2D eigenvalue weighted by Crippen LogP contribution is 2.29. The minimum atomic E-state index is -1.29. The van der Waals surface area contributed by atoms with Gasteiger partial charge in [0.25, 0.3) is 5.91 Å². The van der Waals surface area contributed by atoms with Crippen LogP contribution in [0.5, 0.6) is 0 Å². The number of aliphatic hydroxyl groups is 1. The molecule has 5 atom stereocenters. The molecule has 2 fully saturated rings. The molecule has 2 heterocycles. The molecule has 52 heavy (non-hydrogen) atoms. The Kier molecular flexibility index (Phi) is 15.9. The van der Waals surface area contributed by atoms with E-state index in [1.165, 1.54) is 36.6 Å². The normalized spacial score (nSPS) is 18.2. The second-order valence-corrected chi connectivity index (χ2v) is 14.9. The minimum absolute atomic E-state index is 0.0615. The number of aromatic amines is 1. The van der Waals surface area contributed by atoms with Crippen molar-refractivity contribution in [1.82, 2.24) is 30.0 Å². The Hall–Kier alpha value is -3.97. The Morgan fingerprint density at radius 3 is 2.33 bits per heavy atom. The van der Waals surface area contributed by atoms with Crippen molar-refractivity contribution < 1.29 is 33.8 Å². The third-order valence-corrected chi connectivity index (χ3v) is 10.6. The van der Waals surface area contributed by atoms with E-state index in [0.29, 0.717) is 56.7 Å². The number of ether oxygens (including phenoxy) is 2. The molecule has 4 amide bonds. The molecule has 1 aromatic carbocycles. The van der Waals surface area contributed by atoms with E-state index in [4.69, 9.17) is 9.47 Å². The van der Waals surface area contributed by atoms with Crippen LogP contribution in [0.25, 0.3) is 0 Å². The number of nitrogens with one attached hydrogen (secondary N) is 2. The minimum Gasteiger partial charge on any atom is -0.436 e. The number of hydrogen-bond donors (Lipinski definition) is 3. The van der Waals surface area contributed by atoms with E-state index < -0.39 is 48.2 Å². The van der Waals surface area contributed by atoms with E-state index >= 15 is 0 Å². The molecule has 3 N–H and O–H groups in total. The van der Waals surface area contributed by atoms with Crippen molar-refractivity contribution in [2.45, 2.75) is 115 Å². The van der Waals surface area contributed by atoms with Crippen molar-refractivity contribution in [2.24, 2.45) is 11.8 Å². The molecule has 1 aromatic heterocycles. The van der Waals surface area contributed by atoms with E-state index in [9.17, 15) is 24.3 Å². The summed E-state index contributed by atoms with van der Waals surface area (Å²) in [5.41, 5.74) is 1.41. The maximum Gasteiger partial charge on any atom is 0.410 e. The Morgan fingerprint density at radius 1 is 1.00 bits per heavy atom. The summed E-state index contributed by atoms with van der Waals surface area (Å²) in [6, 6.07) is 6.89. The first-order valence-electron chi connectivity index (χ1n) is 19.0. The largest absolute Gasteiger partial charge is 0.436 e. The van der Waals surface area contributed by atoms with Crippen LogP contribution in [0.15, 0.2) is 42.9 Å². The Labute approximate surface area is 308 Å². The number of amides is 4. The first-order valence-corrected chi connectivity index (χ1v) is 19.0. The molecule has 0 spiro atoms. The van der Waals surface area contributed by atoms with Crippen molar-refractivity contribution in [3.05, 3.63) is 54.1 Å². The van der Waals surface area contributed by atoms with E-state index in [-0.39, 0.29) is 18.7 Å². The Balaban J connectivity index is 1.56. The number of carbonyl (C=O) groups excluding carboxylic acids is 4. The lowest BCUT2D eigenvalue weighted by atomic mass is 9.83. The van der Waals surface area contributed by atoms with Crippen molar-refractivity contribution in [1.29, 1.82) is 0 Å². The number of hydrogen-bond acceptors (Lipinski definition) is 8. The van der Waals surface area contributed by atoms with Crippen LogP contribution < -0.4 is 5.32 Å². The molecule has 0 unspecified atom stereocenters. The molecule has 2 aromatic rings. The first-order chi connectivity index (χ1) is 24.9. The van der Waals surface area contributed by atoms with Crippen LogP contribution in [0.2, 0.25) is 0 Å². The molecular weight excluding hydrogens is 664 g/mol. The van der Waals surface area contributed by atoms with Gasteiger partial charge in [-0.2, -0.15) is 0 Å². The third-order valence-electron chi connectivity index (χ3n) is 10.6. The number of H-pyrrole nitrogens is 1. The molecule has 13 heteroatoms. The van der Waals surface area contributed by atoms with Crippen LogP contribution in [0, 0.1) is 11.8 Å². The zero-order valence-corrected chi connectivity index (χ0v) is 31.7. The molecule has 2 aliphatic rings. The van der Waals surface area contributed by atoms with E-state index in [2.05, 4.69) is 29.1 Å². The number of likely N-dealkylation sites (N-methyl/N-ethyl adjacent to an activating group) is 2. The highest BCUT2D eigenvalue weighted by Gasteiger charge is 2.38. The van der Waals surface area contributed by atoms with Gasteiger partial charge in [0.05, 0.1) is 31.7 Å². The molecule has 288 valence electrons. The van der Waals surface area contributed by atoms with Gasteiger partial charge in [-0.1, -0.05) is 76.3 Å². The van der Waals surface area contributed by atoms with E-state index in [1.807, 2.05) is 30.3 Å². The summed E-state index contributed by atoms with van der Waals surface area (Å²) in [5, 5.41) is 14.5. The second-order valence-electron chi connectivity index (χ2n) is 14.9. The molecule has 1 aliphatic carbocycles. The van der Waals surface area contributed by atoms with Gasteiger partial charge in [0.15, 0.2) is 6.10 Å². The van der Waals surface area contributed by atoms with E-state index in [1.54, 1.807) is 18.0 Å². The molecule has 1 saturated carbocycles. The summed E-state index contributed by atoms with van der Waals surface area (Å²) < 4.78 is 11.3. The molecular formula is C39H60N6O7. The summed E-state index contributed by atoms with van der Waals surface area (Å²) in [5.74, 6) is -0.396. The lowest BCUT2D eigenvalue weighted by Crippen LogP contribution is -2.56. The number of nitrogens with zero attached hydrogens (tertiary/aromatic N) is 4. The number of aromatic nitrogens is 2. The monoisotopic (exact) mass is 724 g/mol. The first kappa shape index (κ1) is 40.8. The SMILES string of the molecule is CC(C)CC[C@H](O)[C@H](CC1CCCCC1)NC(=O)[C@H](Cc1cnc[nH]1)N(C)C(=O)[C@H](Cc1ccccc1)OC(=O)N(C)[C@H](C)C(=O)N1CCOCC1. The summed E-state index contributed by atoms with van der Waals surface area (Å²) in [6.07, 6.45) is 8.14. The highest BCUT2D eigenvalue weighted by atomic mass is 16.6. The zero-order chi connectivity index (χ0) is 37.6. The van der Waals surface area contributed by atoms with Gasteiger partial charge in [0.1, 0.15) is 12.1 Å². The average Bonchev–Trinajstić information content (AvgIpc) is 3.68. The number of morpholine rings is 1. The Bertz CT molecular complexity index is 1400. The van der Waals surface area contributed by atoms with Gasteiger partial charge >= 0.3 is 6.09 Å². The zero-order valence-electron chi connectivity index (χ0n) is 31.7. The topological polar surface area (TPSA) is 157 Å². The lowest BCUT2D eigenvalue weighted by molar-refractivity contribution is -0.147. The Morgan fingerprint density at radius 2 is 1.69 bits per heavy atom. The van der Waals surface area contributed by atoms with Crippen LogP contribution in [-0.4, -0.2) is 124 Å². The van der Waals surface area contributed by atoms with Crippen molar-refractivity contribution in [3.63, 3.8) is 0 Å². The van der Waals surface area contributed by atoms with Gasteiger partial charge < -0.3 is 34.7 Å². The van der Waals surface area contributed by atoms with Crippen LogP contribution in [0.3, 0.4) is 0 Å². The number of aliphatic hydroxyl groups excluding tert-OH is 1. The lowest BCUT2D eigenvalue weighted by Gasteiger charge is -2.35. The van der Waals surface area contributed by atoms with Crippen LogP contribution in [0.4, 0.5) is 4.79 Å². The number of imidazole rings is 1. The smallest absolute Gasteiger partial charge is 0.410 e. The van der Waals surface area contributed by atoms with Gasteiger partial charge in [-0.05, 0) is 43.6 Å². The fourth-order valence-corrected chi connectivity index (χ4v) is 7.05. The maximum atomic E-state index is 14.4. The molecule has 1 aliphatic heterocycles. The average molecular weight is 725 g/mol. The fourth-order valence-electron chi connectivity index (χ4n) is 7.05. The van der Waals surface area contributed by atoms with Crippen molar-refractivity contribution in [2.75, 3.05) is 40.4 Å². The number of rotatable bonds is 17. The van der Waals surface area contributed by atoms with Gasteiger partial charge in [-0.3, -0.25) is 19.3 Å². The standard InChI is InChI=1S/C39H60N6O7/c1-27(2)16-17-34(46)32(22-29-12-8-6-9-13-29)42-36(47)33(24-31-25-40-26-41-31)44(5)38(49)35(23-30-14-10-7-11-15-30)52-39(50)43(4)28(3)37(48)45-18-20-51-21-19-45/h7,10-11,14-15,25-29,32-35,46H,6,8-9,12-13,16-24H2,1-5H3,(H,40,41)(H,42,47)/t28-,32+,33+,34+,35+/m1/s1. The van der Waals surface area contributed by atoms with Crippen LogP contribution in [-0.2, 0) is 36.7 Å². The number of benzene rings is 1. The molecule has 13 nitrogen and oxygen atoms in total. The van der Waals surface area contributed by atoms with Gasteiger partial charge in [-0.25, -0.2) is 9.78 Å². The van der Waals surface area contributed by atoms with Crippen LogP contribution >= 0.6 is 0 Å². The van der Waals surface area contributed by atoms with Crippen LogP contribution in [0.1, 0.15) is 83.4 Å². The summed E-state index contributed by atoms with van der Waals surface area (Å²) in [6.45, 7) is 7.58. The van der Waals surface area contributed by atoms with Gasteiger partial charge in [-0.15, -0.1) is 0 Å². The summed E-state index contributed by atoms with van der Waals surface area (Å²) in [4.78, 5) is 66.9. The van der Waals surface area contributed by atoms with Gasteiger partial charge in [0, 0.05) is 51.9 Å². The quantitative estimate of drug-likeness (QED) is 0.221. The summed E-state index contributed by atoms with van der Waals surface area (Å²) in [7, 11) is 3.01. The maximum absolute atomic E-state index is 14.4. The van der Waals surface area contributed by atoms with Gasteiger partial charge in [0.2, 0.25) is 11.8 Å². The molecule has 0 bridgehead atoms. The highest BCUT2D eigenvalue weighted by molar-refractivity contribution is 5.91. The number of carbonyl (C=O) groups is 4. The van der Waals surface area contributed by atoms with Crippen molar-refractivity contribution in [3.8, 4) is 0 Å². The van der Waals surface area contributed by atoms with Crippen molar-refractivity contribution >= 4 is 23.8 Å². The third kappa shape index (κ3) is 12.0. The molecule has 1 saturated heterocycles.